The highest BCUT2D eigenvalue weighted by molar-refractivity contribution is 5.50. The number of benzene rings is 1. The lowest BCUT2D eigenvalue weighted by molar-refractivity contribution is 0.177. The summed E-state index contributed by atoms with van der Waals surface area (Å²) >= 11 is 0. The first kappa shape index (κ1) is 13.3. The largest absolute Gasteiger partial charge is 0.508 e. The minimum atomic E-state index is 0.248. The normalized spacial score (nSPS) is 22.4. The van der Waals surface area contributed by atoms with Crippen molar-refractivity contribution < 1.29 is 9.84 Å². The molecule has 1 heterocycles. The molecule has 100 valence electrons. The number of hydrogen-bond donors (Lipinski definition) is 1. The van der Waals surface area contributed by atoms with E-state index in [1.165, 1.54) is 24.8 Å². The van der Waals surface area contributed by atoms with Gasteiger partial charge in [-0.05, 0) is 49.8 Å². The summed E-state index contributed by atoms with van der Waals surface area (Å²) in [6.45, 7) is 6.46. The van der Waals surface area contributed by atoms with Crippen molar-refractivity contribution >= 4 is 0 Å². The second kappa shape index (κ2) is 5.64. The van der Waals surface area contributed by atoms with E-state index < -0.39 is 0 Å². The molecule has 0 aliphatic carbocycles. The Labute approximate surface area is 110 Å². The molecule has 18 heavy (non-hydrogen) atoms. The van der Waals surface area contributed by atoms with Crippen molar-refractivity contribution in [1.29, 1.82) is 0 Å². The lowest BCUT2D eigenvalue weighted by Crippen LogP contribution is -2.21. The number of unbranched alkanes of at least 4 members (excludes halogenated alkanes) is 2. The SMILES string of the molecule is CCCCCc1cc(O)c2c(c1)O[C@@H](C)C[C@@H]2C. The molecule has 0 saturated heterocycles. The number of aryl methyl sites for hydroxylation is 1. The molecule has 0 aromatic heterocycles. The van der Waals surface area contributed by atoms with Crippen molar-refractivity contribution in [2.75, 3.05) is 0 Å². The Balaban J connectivity index is 2.21. The van der Waals surface area contributed by atoms with Crippen LogP contribution in [0.4, 0.5) is 0 Å². The van der Waals surface area contributed by atoms with E-state index in [2.05, 4.69) is 26.8 Å². The Morgan fingerprint density at radius 2 is 2.06 bits per heavy atom. The van der Waals surface area contributed by atoms with E-state index in [0.717, 1.165) is 24.2 Å². The van der Waals surface area contributed by atoms with Gasteiger partial charge in [-0.25, -0.2) is 0 Å². The third-order valence-corrected chi connectivity index (χ3v) is 3.76. The minimum absolute atomic E-state index is 0.248. The predicted molar refractivity (Wildman–Crippen MR) is 74.5 cm³/mol. The zero-order valence-electron chi connectivity index (χ0n) is 11.7. The third kappa shape index (κ3) is 2.80. The molecule has 1 N–H and O–H groups in total. The van der Waals surface area contributed by atoms with Crippen LogP contribution in [0.25, 0.3) is 0 Å². The van der Waals surface area contributed by atoms with Crippen LogP contribution >= 0.6 is 0 Å². The van der Waals surface area contributed by atoms with E-state index in [1.807, 2.05) is 6.07 Å². The Kier molecular flexibility index (Phi) is 4.15. The molecule has 0 unspecified atom stereocenters. The van der Waals surface area contributed by atoms with E-state index in [1.54, 1.807) is 0 Å². The van der Waals surface area contributed by atoms with Crippen LogP contribution in [0, 0.1) is 0 Å². The molecular formula is C16H24O2. The number of phenolic OH excluding ortho intramolecular Hbond substituents is 1. The molecule has 0 fully saturated rings. The summed E-state index contributed by atoms with van der Waals surface area (Å²) in [5, 5.41) is 10.2. The highest BCUT2D eigenvalue weighted by Crippen LogP contribution is 2.42. The van der Waals surface area contributed by atoms with Crippen molar-refractivity contribution in [2.45, 2.75) is 64.9 Å². The maximum absolute atomic E-state index is 10.2. The lowest BCUT2D eigenvalue weighted by atomic mass is 9.89. The molecule has 1 aromatic rings. The van der Waals surface area contributed by atoms with Gasteiger partial charge in [0.2, 0.25) is 0 Å². The quantitative estimate of drug-likeness (QED) is 0.800. The number of fused-ring (bicyclic) bond motifs is 1. The van der Waals surface area contributed by atoms with Gasteiger partial charge in [0.25, 0.3) is 0 Å². The Morgan fingerprint density at radius 3 is 2.78 bits per heavy atom. The van der Waals surface area contributed by atoms with E-state index >= 15 is 0 Å². The molecule has 2 heteroatoms. The highest BCUT2D eigenvalue weighted by Gasteiger charge is 2.26. The van der Waals surface area contributed by atoms with Crippen LogP contribution in [-0.2, 0) is 6.42 Å². The van der Waals surface area contributed by atoms with Gasteiger partial charge >= 0.3 is 0 Å². The molecule has 0 saturated carbocycles. The molecule has 1 aliphatic heterocycles. The monoisotopic (exact) mass is 248 g/mol. The van der Waals surface area contributed by atoms with Crippen LogP contribution in [0.3, 0.4) is 0 Å². The summed E-state index contributed by atoms with van der Waals surface area (Å²) in [4.78, 5) is 0. The van der Waals surface area contributed by atoms with Gasteiger partial charge < -0.3 is 9.84 Å². The first-order valence-corrected chi connectivity index (χ1v) is 7.14. The molecule has 2 rings (SSSR count). The molecule has 0 spiro atoms. The van der Waals surface area contributed by atoms with Gasteiger partial charge in [0, 0.05) is 5.56 Å². The minimum Gasteiger partial charge on any atom is -0.508 e. The van der Waals surface area contributed by atoms with Crippen molar-refractivity contribution in [1.82, 2.24) is 0 Å². The first-order valence-electron chi connectivity index (χ1n) is 7.14. The molecule has 0 radical (unpaired) electrons. The van der Waals surface area contributed by atoms with Crippen LogP contribution in [0.15, 0.2) is 12.1 Å². The summed E-state index contributed by atoms with van der Waals surface area (Å²) in [7, 11) is 0. The Hall–Kier alpha value is -1.18. The molecular weight excluding hydrogens is 224 g/mol. The number of rotatable bonds is 4. The van der Waals surface area contributed by atoms with E-state index in [-0.39, 0.29) is 6.10 Å². The second-order valence-electron chi connectivity index (χ2n) is 5.55. The third-order valence-electron chi connectivity index (χ3n) is 3.76. The highest BCUT2D eigenvalue weighted by atomic mass is 16.5. The summed E-state index contributed by atoms with van der Waals surface area (Å²) in [5.74, 6) is 1.69. The molecule has 2 atom stereocenters. The maximum Gasteiger partial charge on any atom is 0.127 e. The zero-order valence-corrected chi connectivity index (χ0v) is 11.7. The summed E-state index contributed by atoms with van der Waals surface area (Å²) < 4.78 is 5.87. The number of ether oxygens (including phenoxy) is 1. The summed E-state index contributed by atoms with van der Waals surface area (Å²) in [5.41, 5.74) is 2.19. The molecule has 0 bridgehead atoms. The van der Waals surface area contributed by atoms with Crippen molar-refractivity contribution in [2.24, 2.45) is 0 Å². The van der Waals surface area contributed by atoms with Crippen LogP contribution in [0.1, 0.15) is 63.5 Å². The van der Waals surface area contributed by atoms with Gasteiger partial charge in [0.1, 0.15) is 11.5 Å². The lowest BCUT2D eigenvalue weighted by Gasteiger charge is -2.29. The van der Waals surface area contributed by atoms with Gasteiger partial charge in [0.05, 0.1) is 6.10 Å². The Bertz CT molecular complexity index is 412. The van der Waals surface area contributed by atoms with Gasteiger partial charge in [-0.15, -0.1) is 0 Å². The average molecular weight is 248 g/mol. The first-order chi connectivity index (χ1) is 8.61. The summed E-state index contributed by atoms with van der Waals surface area (Å²) in [6, 6.07) is 4.04. The van der Waals surface area contributed by atoms with Gasteiger partial charge in [-0.2, -0.15) is 0 Å². The average Bonchev–Trinajstić information content (AvgIpc) is 2.27. The van der Waals surface area contributed by atoms with Crippen LogP contribution in [0.5, 0.6) is 11.5 Å². The van der Waals surface area contributed by atoms with E-state index in [0.29, 0.717) is 11.7 Å². The fourth-order valence-electron chi connectivity index (χ4n) is 2.86. The number of phenols is 1. The molecule has 1 aromatic carbocycles. The van der Waals surface area contributed by atoms with Crippen LogP contribution < -0.4 is 4.74 Å². The van der Waals surface area contributed by atoms with Crippen LogP contribution in [0.2, 0.25) is 0 Å². The van der Waals surface area contributed by atoms with E-state index in [9.17, 15) is 5.11 Å². The van der Waals surface area contributed by atoms with Crippen molar-refractivity contribution in [3.05, 3.63) is 23.3 Å². The zero-order chi connectivity index (χ0) is 13.1. The van der Waals surface area contributed by atoms with Gasteiger partial charge in [-0.3, -0.25) is 0 Å². The topological polar surface area (TPSA) is 29.5 Å². The standard InChI is InChI=1S/C16H24O2/c1-4-5-6-7-13-9-14(17)16-11(2)8-12(3)18-15(16)10-13/h9-12,17H,4-8H2,1-3H3/t11-,12-/m0/s1. The van der Waals surface area contributed by atoms with Crippen LogP contribution in [-0.4, -0.2) is 11.2 Å². The molecule has 1 aliphatic rings. The fourth-order valence-corrected chi connectivity index (χ4v) is 2.86. The van der Waals surface area contributed by atoms with E-state index in [4.69, 9.17) is 4.74 Å². The number of hydrogen-bond acceptors (Lipinski definition) is 2. The predicted octanol–water partition coefficient (Wildman–Crippen LogP) is 4.40. The van der Waals surface area contributed by atoms with Crippen molar-refractivity contribution in [3.63, 3.8) is 0 Å². The fraction of sp³-hybridized carbons (Fsp3) is 0.625. The maximum atomic E-state index is 10.2. The van der Waals surface area contributed by atoms with Crippen molar-refractivity contribution in [3.8, 4) is 11.5 Å². The van der Waals surface area contributed by atoms with Gasteiger partial charge in [0.15, 0.2) is 0 Å². The second-order valence-corrected chi connectivity index (χ2v) is 5.55. The number of aromatic hydroxyl groups is 1. The molecule has 2 nitrogen and oxygen atoms in total. The summed E-state index contributed by atoms with van der Waals surface area (Å²) in [6.07, 6.45) is 5.90. The smallest absolute Gasteiger partial charge is 0.127 e. The Morgan fingerprint density at radius 1 is 1.28 bits per heavy atom. The van der Waals surface area contributed by atoms with Gasteiger partial charge in [-0.1, -0.05) is 26.7 Å². The molecule has 0 amide bonds.